The fraction of sp³-hybridized carbons (Fsp3) is 0.913. The van der Waals surface area contributed by atoms with Crippen LogP contribution in [0.5, 0.6) is 0 Å². The highest BCUT2D eigenvalue weighted by Gasteiger charge is 2.43. The van der Waals surface area contributed by atoms with Crippen LogP contribution in [0.4, 0.5) is 0 Å². The van der Waals surface area contributed by atoms with Crippen LogP contribution in [0.3, 0.4) is 0 Å². The number of carbonyl (C=O) groups is 2. The topological polar surface area (TPSA) is 83.6 Å². The van der Waals surface area contributed by atoms with Gasteiger partial charge in [0.25, 0.3) is 0 Å². The number of Topliss-reactive ketones (excluding diaryl/α,β-unsaturated/α-hetero) is 2. The van der Waals surface area contributed by atoms with Gasteiger partial charge in [0.2, 0.25) is 0 Å². The highest BCUT2D eigenvalue weighted by Crippen LogP contribution is 2.38. The van der Waals surface area contributed by atoms with Crippen LogP contribution in [0, 0.1) is 11.8 Å². The lowest BCUT2D eigenvalue weighted by molar-refractivity contribution is -0.128. The van der Waals surface area contributed by atoms with E-state index in [-0.39, 0.29) is 35.5 Å². The Morgan fingerprint density at radius 3 is 1.31 bits per heavy atom. The standard InChI is InChI=1S/C23H38N4O2/c1-22(2,26-24-18-9-5-6-10-18)20(28)16-13-14-17(15-16)21(29)23(3,4)27-25-19-11-7-8-12-19/h16-19H,5-15H2,1-4H3. The Balaban J connectivity index is 1.56. The van der Waals surface area contributed by atoms with Crippen LogP contribution in [0.15, 0.2) is 20.5 Å². The molecule has 29 heavy (non-hydrogen) atoms. The molecule has 0 aromatic heterocycles. The van der Waals surface area contributed by atoms with E-state index in [1.807, 2.05) is 27.7 Å². The molecule has 0 N–H and O–H groups in total. The van der Waals surface area contributed by atoms with Crippen molar-refractivity contribution in [3.8, 4) is 0 Å². The number of hydrogen-bond donors (Lipinski definition) is 0. The van der Waals surface area contributed by atoms with Crippen molar-refractivity contribution in [2.75, 3.05) is 0 Å². The third-order valence-electron chi connectivity index (χ3n) is 6.97. The Morgan fingerprint density at radius 1 is 0.621 bits per heavy atom. The Labute approximate surface area is 175 Å². The van der Waals surface area contributed by atoms with Crippen molar-refractivity contribution in [3.05, 3.63) is 0 Å². The second-order valence-electron chi connectivity index (χ2n) is 10.4. The Hall–Kier alpha value is -1.46. The van der Waals surface area contributed by atoms with E-state index in [9.17, 15) is 9.59 Å². The molecule has 2 unspecified atom stereocenters. The summed E-state index contributed by atoms with van der Waals surface area (Å²) in [6.07, 6.45) is 11.3. The largest absolute Gasteiger partial charge is 0.297 e. The maximum absolute atomic E-state index is 13.1. The van der Waals surface area contributed by atoms with E-state index in [2.05, 4.69) is 20.5 Å². The zero-order chi connectivity index (χ0) is 21.1. The van der Waals surface area contributed by atoms with Crippen molar-refractivity contribution in [2.24, 2.45) is 32.3 Å². The first-order valence-corrected chi connectivity index (χ1v) is 11.6. The molecule has 3 fully saturated rings. The molecule has 0 aromatic rings. The Morgan fingerprint density at radius 2 is 0.966 bits per heavy atom. The summed E-state index contributed by atoms with van der Waals surface area (Å²) in [5.74, 6) is 0.0352. The van der Waals surface area contributed by atoms with Gasteiger partial charge in [0.1, 0.15) is 11.1 Å². The molecule has 0 aromatic carbocycles. The molecule has 6 nitrogen and oxygen atoms in total. The summed E-state index contributed by atoms with van der Waals surface area (Å²) in [5.41, 5.74) is -1.61. The number of hydrogen-bond acceptors (Lipinski definition) is 6. The van der Waals surface area contributed by atoms with E-state index in [1.165, 1.54) is 25.7 Å². The molecule has 0 heterocycles. The maximum atomic E-state index is 13.1. The van der Waals surface area contributed by atoms with Crippen LogP contribution >= 0.6 is 0 Å². The van der Waals surface area contributed by atoms with Gasteiger partial charge < -0.3 is 0 Å². The molecule has 3 saturated carbocycles. The molecular weight excluding hydrogens is 364 g/mol. The monoisotopic (exact) mass is 402 g/mol. The molecule has 3 rings (SSSR count). The molecule has 162 valence electrons. The SMILES string of the molecule is CC(C)(N=NC1CCCC1)C(=O)C1CCC(C(=O)C(C)(C)N=NC2CCCC2)C1. The smallest absolute Gasteiger partial charge is 0.164 e. The minimum Gasteiger partial charge on any atom is -0.297 e. The molecule has 0 radical (unpaired) electrons. The molecule has 0 saturated heterocycles. The molecule has 0 amide bonds. The van der Waals surface area contributed by atoms with E-state index >= 15 is 0 Å². The third-order valence-corrected chi connectivity index (χ3v) is 6.97. The van der Waals surface area contributed by atoms with Gasteiger partial charge in [-0.3, -0.25) is 9.59 Å². The van der Waals surface area contributed by atoms with E-state index in [0.29, 0.717) is 6.42 Å². The highest BCUT2D eigenvalue weighted by molar-refractivity contribution is 5.93. The molecule has 0 aliphatic heterocycles. The average molecular weight is 403 g/mol. The van der Waals surface area contributed by atoms with Crippen LogP contribution in [0.2, 0.25) is 0 Å². The predicted molar refractivity (Wildman–Crippen MR) is 113 cm³/mol. The first kappa shape index (κ1) is 22.2. The van der Waals surface area contributed by atoms with Crippen LogP contribution < -0.4 is 0 Å². The van der Waals surface area contributed by atoms with Gasteiger partial charge >= 0.3 is 0 Å². The van der Waals surface area contributed by atoms with Gasteiger partial charge in [0.05, 0.1) is 12.1 Å². The van der Waals surface area contributed by atoms with Crippen molar-refractivity contribution < 1.29 is 9.59 Å². The second-order valence-corrected chi connectivity index (χ2v) is 10.4. The lowest BCUT2D eigenvalue weighted by Crippen LogP contribution is -2.36. The van der Waals surface area contributed by atoms with Crippen molar-refractivity contribution in [2.45, 2.75) is 121 Å². The molecule has 3 aliphatic rings. The lowest BCUT2D eigenvalue weighted by Gasteiger charge is -2.23. The van der Waals surface area contributed by atoms with Gasteiger partial charge in [-0.25, -0.2) is 0 Å². The first-order chi connectivity index (χ1) is 13.7. The minimum atomic E-state index is -0.803. The van der Waals surface area contributed by atoms with Crippen molar-refractivity contribution in [1.82, 2.24) is 0 Å². The van der Waals surface area contributed by atoms with Gasteiger partial charge in [-0.2, -0.15) is 20.5 Å². The Bertz CT molecular complexity index is 600. The molecular formula is C23H38N4O2. The van der Waals surface area contributed by atoms with E-state index < -0.39 is 11.1 Å². The number of ketones is 2. The fourth-order valence-electron chi connectivity index (χ4n) is 5.05. The normalized spacial score (nSPS) is 27.6. The summed E-state index contributed by atoms with van der Waals surface area (Å²) >= 11 is 0. The molecule has 0 spiro atoms. The summed E-state index contributed by atoms with van der Waals surface area (Å²) in [5, 5.41) is 17.8. The summed E-state index contributed by atoms with van der Waals surface area (Å²) in [6.45, 7) is 7.46. The highest BCUT2D eigenvalue weighted by atomic mass is 16.1. The summed E-state index contributed by atoms with van der Waals surface area (Å²) < 4.78 is 0. The fourth-order valence-corrected chi connectivity index (χ4v) is 5.05. The molecule has 2 atom stereocenters. The first-order valence-electron chi connectivity index (χ1n) is 11.6. The van der Waals surface area contributed by atoms with Gasteiger partial charge in [-0.1, -0.05) is 25.7 Å². The summed E-state index contributed by atoms with van der Waals surface area (Å²) in [4.78, 5) is 26.2. The van der Waals surface area contributed by atoms with Gasteiger partial charge in [0.15, 0.2) is 11.6 Å². The summed E-state index contributed by atoms with van der Waals surface area (Å²) in [6, 6.07) is 0.567. The quantitative estimate of drug-likeness (QED) is 0.474. The van der Waals surface area contributed by atoms with Gasteiger partial charge in [0, 0.05) is 11.8 Å². The number of azo groups is 2. The van der Waals surface area contributed by atoms with Crippen LogP contribution in [-0.2, 0) is 9.59 Å². The molecule has 3 aliphatic carbocycles. The van der Waals surface area contributed by atoms with Crippen LogP contribution in [-0.4, -0.2) is 34.7 Å². The summed E-state index contributed by atoms with van der Waals surface area (Å²) in [7, 11) is 0. The van der Waals surface area contributed by atoms with Crippen molar-refractivity contribution in [1.29, 1.82) is 0 Å². The minimum absolute atomic E-state index is 0.107. The predicted octanol–water partition coefficient (Wildman–Crippen LogP) is 5.89. The zero-order valence-electron chi connectivity index (χ0n) is 18.7. The third kappa shape index (κ3) is 5.58. The van der Waals surface area contributed by atoms with Crippen LogP contribution in [0.25, 0.3) is 0 Å². The van der Waals surface area contributed by atoms with Gasteiger partial charge in [-0.05, 0) is 72.6 Å². The number of carbonyl (C=O) groups excluding carboxylic acids is 2. The maximum Gasteiger partial charge on any atom is 0.164 e. The molecule has 6 heteroatoms. The van der Waals surface area contributed by atoms with E-state index in [0.717, 1.165) is 38.5 Å². The zero-order valence-corrected chi connectivity index (χ0v) is 18.7. The van der Waals surface area contributed by atoms with Crippen molar-refractivity contribution >= 4 is 11.6 Å². The second kappa shape index (κ2) is 9.13. The Kier molecular flexibility index (Phi) is 7.00. The van der Waals surface area contributed by atoms with E-state index in [4.69, 9.17) is 0 Å². The number of nitrogens with zero attached hydrogens (tertiary/aromatic N) is 4. The van der Waals surface area contributed by atoms with E-state index in [1.54, 1.807) is 0 Å². The average Bonchev–Trinajstić information content (AvgIpc) is 3.46. The number of rotatable bonds is 8. The lowest BCUT2D eigenvalue weighted by atomic mass is 9.85. The molecule has 0 bridgehead atoms. The van der Waals surface area contributed by atoms with Crippen LogP contribution in [0.1, 0.15) is 98.3 Å². The van der Waals surface area contributed by atoms with Gasteiger partial charge in [-0.15, -0.1) is 0 Å². The van der Waals surface area contributed by atoms with Crippen molar-refractivity contribution in [3.63, 3.8) is 0 Å².